The summed E-state index contributed by atoms with van der Waals surface area (Å²) >= 11 is 0. The monoisotopic (exact) mass is 377 g/mol. The van der Waals surface area contributed by atoms with Crippen molar-refractivity contribution in [2.24, 2.45) is 5.73 Å². The molecule has 2 N–H and O–H groups in total. The zero-order valence-corrected chi connectivity index (χ0v) is 15.4. The minimum absolute atomic E-state index is 0. The van der Waals surface area contributed by atoms with Crippen LogP contribution < -0.4 is 10.5 Å². The molecular weight excluding hydrogens is 358 g/mol. The maximum Gasteiger partial charge on any atom is 0.199 e. The summed E-state index contributed by atoms with van der Waals surface area (Å²) in [5.74, 6) is 6.09. The SMILES string of the molecule is CC#CCOc1ccc(S(=O)(=O)/C=C/c2ccc(CN)cc2)cc1.Cl. The molecule has 0 radical (unpaired) electrons. The fraction of sp³-hybridized carbons (Fsp3) is 0.158. The maximum absolute atomic E-state index is 12.3. The Hall–Kier alpha value is -2.26. The van der Waals surface area contributed by atoms with Crippen LogP contribution in [0.3, 0.4) is 0 Å². The molecule has 0 saturated heterocycles. The first-order valence-corrected chi connectivity index (χ1v) is 8.94. The lowest BCUT2D eigenvalue weighted by Gasteiger charge is -2.04. The first-order valence-electron chi connectivity index (χ1n) is 7.40. The topological polar surface area (TPSA) is 69.4 Å². The second kappa shape index (κ2) is 9.90. The smallest absolute Gasteiger partial charge is 0.199 e. The van der Waals surface area contributed by atoms with Crippen molar-refractivity contribution in [1.82, 2.24) is 0 Å². The van der Waals surface area contributed by atoms with Crippen molar-refractivity contribution in [3.8, 4) is 17.6 Å². The van der Waals surface area contributed by atoms with E-state index in [4.69, 9.17) is 10.5 Å². The van der Waals surface area contributed by atoms with Crippen LogP contribution in [0.1, 0.15) is 18.1 Å². The molecule has 0 bridgehead atoms. The van der Waals surface area contributed by atoms with Gasteiger partial charge in [0, 0.05) is 12.0 Å². The predicted molar refractivity (Wildman–Crippen MR) is 103 cm³/mol. The summed E-state index contributed by atoms with van der Waals surface area (Å²) in [5, 5.41) is 1.20. The number of sulfone groups is 1. The molecule has 4 nitrogen and oxygen atoms in total. The molecular formula is C19H20ClNO3S. The number of benzene rings is 2. The van der Waals surface area contributed by atoms with E-state index in [1.54, 1.807) is 25.1 Å². The zero-order chi connectivity index (χ0) is 17.4. The third kappa shape index (κ3) is 6.28. The van der Waals surface area contributed by atoms with Crippen LogP contribution in [0.4, 0.5) is 0 Å². The highest BCUT2D eigenvalue weighted by atomic mass is 35.5. The summed E-state index contributed by atoms with van der Waals surface area (Å²) in [6, 6.07) is 13.7. The van der Waals surface area contributed by atoms with Crippen LogP contribution in [0.5, 0.6) is 5.75 Å². The van der Waals surface area contributed by atoms with Gasteiger partial charge >= 0.3 is 0 Å². The predicted octanol–water partition coefficient (Wildman–Crippen LogP) is 3.41. The van der Waals surface area contributed by atoms with E-state index in [9.17, 15) is 8.42 Å². The molecule has 0 aliphatic carbocycles. The van der Waals surface area contributed by atoms with Crippen molar-refractivity contribution in [1.29, 1.82) is 0 Å². The fourth-order valence-corrected chi connectivity index (χ4v) is 2.94. The van der Waals surface area contributed by atoms with Gasteiger partial charge in [-0.3, -0.25) is 0 Å². The molecule has 0 atom stereocenters. The minimum atomic E-state index is -3.50. The van der Waals surface area contributed by atoms with E-state index in [0.29, 0.717) is 12.3 Å². The lowest BCUT2D eigenvalue weighted by Crippen LogP contribution is -1.98. The Morgan fingerprint density at radius 3 is 2.28 bits per heavy atom. The molecule has 0 spiro atoms. The maximum atomic E-state index is 12.3. The highest BCUT2D eigenvalue weighted by molar-refractivity contribution is 7.94. The second-order valence-corrected chi connectivity index (χ2v) is 6.81. The summed E-state index contributed by atoms with van der Waals surface area (Å²) < 4.78 is 30.0. The standard InChI is InChI=1S/C19H19NO3S.ClH/c1-2-3-13-23-18-8-10-19(11-9-18)24(21,22)14-12-16-4-6-17(15-20)7-5-16;/h4-12,14H,13,15,20H2,1H3;1H/b14-12+;. The third-order valence-electron chi connectivity index (χ3n) is 3.30. The summed E-state index contributed by atoms with van der Waals surface area (Å²) in [7, 11) is -3.50. The number of hydrogen-bond acceptors (Lipinski definition) is 4. The minimum Gasteiger partial charge on any atom is -0.481 e. The molecule has 0 amide bonds. The Bertz CT molecular complexity index is 862. The molecule has 6 heteroatoms. The van der Waals surface area contributed by atoms with Gasteiger partial charge in [-0.1, -0.05) is 30.2 Å². The molecule has 0 fully saturated rings. The molecule has 2 aromatic rings. The molecule has 0 aliphatic rings. The first kappa shape index (κ1) is 20.8. The summed E-state index contributed by atoms with van der Waals surface area (Å²) in [6.07, 6.45) is 1.57. The molecule has 25 heavy (non-hydrogen) atoms. The lowest BCUT2D eigenvalue weighted by molar-refractivity contribution is 0.370. The molecule has 0 unspecified atom stereocenters. The number of rotatable bonds is 6. The van der Waals surface area contributed by atoms with E-state index in [2.05, 4.69) is 11.8 Å². The van der Waals surface area contributed by atoms with Crippen molar-refractivity contribution in [2.45, 2.75) is 18.4 Å². The van der Waals surface area contributed by atoms with Gasteiger partial charge in [-0.15, -0.1) is 18.3 Å². The van der Waals surface area contributed by atoms with Gasteiger partial charge in [-0.25, -0.2) is 8.42 Å². The average molecular weight is 378 g/mol. The van der Waals surface area contributed by atoms with E-state index >= 15 is 0 Å². The molecule has 0 saturated carbocycles. The second-order valence-electron chi connectivity index (χ2n) is 4.98. The molecule has 0 heterocycles. The summed E-state index contributed by atoms with van der Waals surface area (Å²) in [4.78, 5) is 0.214. The van der Waals surface area contributed by atoms with Gasteiger partial charge in [0.1, 0.15) is 12.4 Å². The van der Waals surface area contributed by atoms with Gasteiger partial charge in [0.15, 0.2) is 9.84 Å². The Morgan fingerprint density at radius 2 is 1.72 bits per heavy atom. The quantitative estimate of drug-likeness (QED) is 0.783. The van der Waals surface area contributed by atoms with E-state index < -0.39 is 9.84 Å². The van der Waals surface area contributed by atoms with Gasteiger partial charge in [0.2, 0.25) is 0 Å². The van der Waals surface area contributed by atoms with Crippen LogP contribution in [0.25, 0.3) is 6.08 Å². The number of hydrogen-bond donors (Lipinski definition) is 1. The van der Waals surface area contributed by atoms with Crippen LogP contribution >= 0.6 is 12.4 Å². The number of halogens is 1. The van der Waals surface area contributed by atoms with E-state index in [0.717, 1.165) is 11.1 Å². The largest absolute Gasteiger partial charge is 0.481 e. The van der Waals surface area contributed by atoms with Crippen LogP contribution in [0.15, 0.2) is 58.8 Å². The Labute approximate surface area is 155 Å². The molecule has 2 aromatic carbocycles. The Balaban J connectivity index is 0.00000312. The van der Waals surface area contributed by atoms with Gasteiger partial charge in [0.05, 0.1) is 4.90 Å². The third-order valence-corrected chi connectivity index (χ3v) is 4.72. The highest BCUT2D eigenvalue weighted by Gasteiger charge is 2.10. The van der Waals surface area contributed by atoms with Crippen LogP contribution in [-0.4, -0.2) is 15.0 Å². The Kier molecular flexibility index (Phi) is 8.23. The van der Waals surface area contributed by atoms with E-state index in [1.807, 2.05) is 24.3 Å². The van der Waals surface area contributed by atoms with E-state index in [-0.39, 0.29) is 23.9 Å². The number of nitrogens with two attached hydrogens (primary N) is 1. The zero-order valence-electron chi connectivity index (χ0n) is 13.8. The van der Waals surface area contributed by atoms with Crippen molar-refractivity contribution in [3.05, 3.63) is 65.1 Å². The Morgan fingerprint density at radius 1 is 1.08 bits per heavy atom. The van der Waals surface area contributed by atoms with Crippen LogP contribution in [-0.2, 0) is 16.4 Å². The molecule has 0 aliphatic heterocycles. The van der Waals surface area contributed by atoms with Crippen molar-refractivity contribution < 1.29 is 13.2 Å². The average Bonchev–Trinajstić information content (AvgIpc) is 2.61. The highest BCUT2D eigenvalue weighted by Crippen LogP contribution is 2.18. The van der Waals surface area contributed by atoms with Crippen molar-refractivity contribution >= 4 is 28.3 Å². The van der Waals surface area contributed by atoms with Crippen molar-refractivity contribution in [3.63, 3.8) is 0 Å². The van der Waals surface area contributed by atoms with Gasteiger partial charge < -0.3 is 10.5 Å². The lowest BCUT2D eigenvalue weighted by atomic mass is 10.1. The van der Waals surface area contributed by atoms with Crippen LogP contribution in [0.2, 0.25) is 0 Å². The summed E-state index contributed by atoms with van der Waals surface area (Å²) in [6.45, 7) is 2.47. The van der Waals surface area contributed by atoms with Gasteiger partial charge in [-0.05, 0) is 48.4 Å². The molecule has 132 valence electrons. The van der Waals surface area contributed by atoms with Gasteiger partial charge in [-0.2, -0.15) is 0 Å². The van der Waals surface area contributed by atoms with Gasteiger partial charge in [0.25, 0.3) is 0 Å². The fourth-order valence-electron chi connectivity index (χ4n) is 1.93. The first-order chi connectivity index (χ1) is 11.5. The van der Waals surface area contributed by atoms with Crippen molar-refractivity contribution in [2.75, 3.05) is 6.61 Å². The normalized spacial score (nSPS) is 10.6. The van der Waals surface area contributed by atoms with E-state index in [1.165, 1.54) is 17.5 Å². The summed E-state index contributed by atoms with van der Waals surface area (Å²) in [5.41, 5.74) is 7.34. The molecule has 2 rings (SSSR count). The van der Waals surface area contributed by atoms with Crippen LogP contribution in [0, 0.1) is 11.8 Å². The molecule has 0 aromatic heterocycles. The number of ether oxygens (including phenoxy) is 1.